The monoisotopic (exact) mass is 306 g/mol. The van der Waals surface area contributed by atoms with E-state index < -0.39 is 5.97 Å². The van der Waals surface area contributed by atoms with Gasteiger partial charge in [0.1, 0.15) is 11.3 Å². The van der Waals surface area contributed by atoms with E-state index >= 15 is 0 Å². The second kappa shape index (κ2) is 10.3. The summed E-state index contributed by atoms with van der Waals surface area (Å²) >= 11 is 0. The van der Waals surface area contributed by atoms with Gasteiger partial charge in [-0.2, -0.15) is 0 Å². The Labute approximate surface area is 134 Å². The number of phenolic OH excluding ortho intramolecular Hbond substituents is 1. The van der Waals surface area contributed by atoms with Crippen LogP contribution in [0.25, 0.3) is 0 Å². The van der Waals surface area contributed by atoms with Crippen molar-refractivity contribution in [3.8, 4) is 5.75 Å². The minimum atomic E-state index is -0.434. The molecule has 1 rings (SSSR count). The number of benzene rings is 1. The Morgan fingerprint density at radius 1 is 1.14 bits per heavy atom. The van der Waals surface area contributed by atoms with Crippen molar-refractivity contribution in [2.24, 2.45) is 0 Å². The van der Waals surface area contributed by atoms with Gasteiger partial charge in [0.2, 0.25) is 0 Å². The normalized spacial score (nSPS) is 12.1. The average molecular weight is 306 g/mol. The number of ether oxygens (including phenoxy) is 1. The second-order valence-corrected chi connectivity index (χ2v) is 5.96. The van der Waals surface area contributed by atoms with Gasteiger partial charge in [-0.3, -0.25) is 0 Å². The van der Waals surface area contributed by atoms with Gasteiger partial charge in [-0.15, -0.1) is 0 Å². The van der Waals surface area contributed by atoms with Gasteiger partial charge >= 0.3 is 5.97 Å². The fourth-order valence-corrected chi connectivity index (χ4v) is 2.38. The molecule has 3 heteroatoms. The lowest BCUT2D eigenvalue weighted by atomic mass is 10.0. The molecule has 0 aromatic heterocycles. The van der Waals surface area contributed by atoms with E-state index in [1.54, 1.807) is 6.07 Å². The van der Waals surface area contributed by atoms with E-state index in [-0.39, 0.29) is 17.4 Å². The van der Waals surface area contributed by atoms with E-state index in [4.69, 9.17) is 4.74 Å². The largest absolute Gasteiger partial charge is 0.507 e. The second-order valence-electron chi connectivity index (χ2n) is 5.96. The first-order valence-corrected chi connectivity index (χ1v) is 8.61. The van der Waals surface area contributed by atoms with Crippen LogP contribution in [0.1, 0.15) is 81.6 Å². The van der Waals surface area contributed by atoms with Crippen molar-refractivity contribution < 1.29 is 14.6 Å². The number of carbonyl (C=O) groups excluding carboxylic acids is 1. The molecule has 0 bridgehead atoms. The maximum absolute atomic E-state index is 12.1. The van der Waals surface area contributed by atoms with E-state index in [0.717, 1.165) is 24.8 Å². The van der Waals surface area contributed by atoms with Crippen LogP contribution < -0.4 is 0 Å². The number of rotatable bonds is 10. The molecule has 3 nitrogen and oxygen atoms in total. The first-order chi connectivity index (χ1) is 10.6. The summed E-state index contributed by atoms with van der Waals surface area (Å²) in [5.41, 5.74) is 1.12. The van der Waals surface area contributed by atoms with Crippen molar-refractivity contribution in [3.63, 3.8) is 0 Å². The summed E-state index contributed by atoms with van der Waals surface area (Å²) < 4.78 is 5.29. The van der Waals surface area contributed by atoms with Crippen LogP contribution in [0.2, 0.25) is 0 Å². The number of hydrogen-bond acceptors (Lipinski definition) is 3. The molecule has 0 aliphatic rings. The fraction of sp³-hybridized carbons (Fsp3) is 0.632. The maximum atomic E-state index is 12.1. The lowest BCUT2D eigenvalue weighted by Crippen LogP contribution is -2.14. The summed E-state index contributed by atoms with van der Waals surface area (Å²) in [6.07, 6.45) is 8.72. The predicted octanol–water partition coefficient (Wildman–Crippen LogP) is 5.25. The fourth-order valence-electron chi connectivity index (χ4n) is 2.38. The van der Waals surface area contributed by atoms with E-state index in [2.05, 4.69) is 6.92 Å². The van der Waals surface area contributed by atoms with Gasteiger partial charge in [0.25, 0.3) is 0 Å². The third-order valence-corrected chi connectivity index (χ3v) is 4.02. The molecule has 1 aromatic rings. The Bertz CT molecular complexity index is 454. The maximum Gasteiger partial charge on any atom is 0.342 e. The van der Waals surface area contributed by atoms with Crippen LogP contribution in [-0.4, -0.2) is 17.2 Å². The smallest absolute Gasteiger partial charge is 0.342 e. The lowest BCUT2D eigenvalue weighted by molar-refractivity contribution is 0.0331. The first kappa shape index (κ1) is 18.5. The van der Waals surface area contributed by atoms with Crippen molar-refractivity contribution in [1.29, 1.82) is 0 Å². The molecule has 1 N–H and O–H groups in total. The SMILES string of the molecule is CCCCCCCCc1cccc(C(=O)OC(C)CC)c1O. The summed E-state index contributed by atoms with van der Waals surface area (Å²) in [5.74, 6) is -0.346. The number of hydrogen-bond donors (Lipinski definition) is 1. The van der Waals surface area contributed by atoms with Crippen LogP contribution >= 0.6 is 0 Å². The van der Waals surface area contributed by atoms with Crippen LogP contribution in [0.15, 0.2) is 18.2 Å². The molecule has 1 atom stereocenters. The van der Waals surface area contributed by atoms with Gasteiger partial charge in [0.05, 0.1) is 6.10 Å². The van der Waals surface area contributed by atoms with Gasteiger partial charge in [-0.1, -0.05) is 58.1 Å². The number of carbonyl (C=O) groups is 1. The number of para-hydroxylation sites is 1. The molecule has 0 aliphatic heterocycles. The molecular weight excluding hydrogens is 276 g/mol. The highest BCUT2D eigenvalue weighted by atomic mass is 16.5. The van der Waals surface area contributed by atoms with Crippen LogP contribution in [0.4, 0.5) is 0 Å². The molecule has 1 unspecified atom stereocenters. The van der Waals surface area contributed by atoms with Crippen molar-refractivity contribution >= 4 is 5.97 Å². The Morgan fingerprint density at radius 2 is 1.82 bits per heavy atom. The van der Waals surface area contributed by atoms with E-state index in [1.807, 2.05) is 26.0 Å². The minimum absolute atomic E-state index is 0.0874. The first-order valence-electron chi connectivity index (χ1n) is 8.61. The molecular formula is C19H30O3. The third-order valence-electron chi connectivity index (χ3n) is 4.02. The summed E-state index contributed by atoms with van der Waals surface area (Å²) in [7, 11) is 0. The number of aromatic hydroxyl groups is 1. The average Bonchev–Trinajstić information content (AvgIpc) is 2.51. The summed E-state index contributed by atoms with van der Waals surface area (Å²) in [4.78, 5) is 12.1. The molecule has 124 valence electrons. The van der Waals surface area contributed by atoms with Gasteiger partial charge in [0.15, 0.2) is 0 Å². The van der Waals surface area contributed by atoms with Crippen molar-refractivity contribution in [2.75, 3.05) is 0 Å². The molecule has 0 radical (unpaired) electrons. The van der Waals surface area contributed by atoms with Crippen molar-refractivity contribution in [1.82, 2.24) is 0 Å². The predicted molar refractivity (Wildman–Crippen MR) is 90.4 cm³/mol. The third kappa shape index (κ3) is 6.08. The summed E-state index contributed by atoms with van der Waals surface area (Å²) in [5, 5.41) is 10.3. The molecule has 1 aromatic carbocycles. The molecule has 0 saturated heterocycles. The Morgan fingerprint density at radius 3 is 2.50 bits per heavy atom. The Balaban J connectivity index is 2.55. The van der Waals surface area contributed by atoms with Gasteiger partial charge in [0, 0.05) is 0 Å². The number of aryl methyl sites for hydroxylation is 1. The molecule has 0 aliphatic carbocycles. The zero-order valence-corrected chi connectivity index (χ0v) is 14.2. The molecule has 0 saturated carbocycles. The lowest BCUT2D eigenvalue weighted by Gasteiger charge is -2.13. The van der Waals surface area contributed by atoms with Crippen LogP contribution in [0.3, 0.4) is 0 Å². The highest BCUT2D eigenvalue weighted by molar-refractivity contribution is 5.93. The van der Waals surface area contributed by atoms with Gasteiger partial charge < -0.3 is 9.84 Å². The zero-order chi connectivity index (χ0) is 16.4. The standard InChI is InChI=1S/C19H30O3/c1-4-6-7-8-9-10-12-16-13-11-14-17(18(16)20)19(21)22-15(3)5-2/h11,13-15,20H,4-10,12H2,1-3H3. The van der Waals surface area contributed by atoms with Crippen molar-refractivity contribution in [3.05, 3.63) is 29.3 Å². The molecule has 0 amide bonds. The molecule has 0 spiro atoms. The minimum Gasteiger partial charge on any atom is -0.507 e. The van der Waals surface area contributed by atoms with E-state index in [1.165, 1.54) is 32.1 Å². The van der Waals surface area contributed by atoms with Gasteiger partial charge in [-0.25, -0.2) is 4.79 Å². The Kier molecular flexibility index (Phi) is 8.64. The highest BCUT2D eigenvalue weighted by Gasteiger charge is 2.17. The van der Waals surface area contributed by atoms with Crippen LogP contribution in [0, 0.1) is 0 Å². The van der Waals surface area contributed by atoms with Crippen LogP contribution in [0.5, 0.6) is 5.75 Å². The zero-order valence-electron chi connectivity index (χ0n) is 14.2. The van der Waals surface area contributed by atoms with Crippen LogP contribution in [-0.2, 0) is 11.2 Å². The quantitative estimate of drug-likeness (QED) is 0.474. The summed E-state index contributed by atoms with van der Waals surface area (Å²) in [6.45, 7) is 6.03. The highest BCUT2D eigenvalue weighted by Crippen LogP contribution is 2.25. The molecule has 22 heavy (non-hydrogen) atoms. The number of esters is 1. The number of phenols is 1. The van der Waals surface area contributed by atoms with Crippen molar-refractivity contribution in [2.45, 2.75) is 78.2 Å². The van der Waals surface area contributed by atoms with Gasteiger partial charge in [-0.05, 0) is 37.8 Å². The topological polar surface area (TPSA) is 46.5 Å². The molecule has 0 heterocycles. The van der Waals surface area contributed by atoms with E-state index in [0.29, 0.717) is 0 Å². The Hall–Kier alpha value is -1.51. The number of unbranched alkanes of at least 4 members (excludes halogenated alkanes) is 5. The summed E-state index contributed by atoms with van der Waals surface area (Å²) in [6, 6.07) is 5.34. The van der Waals surface area contributed by atoms with E-state index in [9.17, 15) is 9.90 Å². The molecule has 0 fully saturated rings.